The Kier molecular flexibility index (Phi) is 6.55. The van der Waals surface area contributed by atoms with Crippen LogP contribution in [0.25, 0.3) is 0 Å². The Balaban J connectivity index is 2.27. The van der Waals surface area contributed by atoms with Gasteiger partial charge < -0.3 is 15.2 Å². The van der Waals surface area contributed by atoms with E-state index < -0.39 is 29.9 Å². The van der Waals surface area contributed by atoms with Gasteiger partial charge in [-0.2, -0.15) is 0 Å². The van der Waals surface area contributed by atoms with Crippen molar-refractivity contribution in [3.8, 4) is 5.75 Å². The molecule has 8 heteroatoms. The third-order valence-electron chi connectivity index (χ3n) is 4.47. The topological polar surface area (TPSA) is 113 Å². The van der Waals surface area contributed by atoms with Gasteiger partial charge in [0.1, 0.15) is 17.8 Å². The van der Waals surface area contributed by atoms with Gasteiger partial charge in [-0.15, -0.1) is 0 Å². The van der Waals surface area contributed by atoms with Gasteiger partial charge in [0.05, 0.1) is 5.69 Å². The number of benzene rings is 1. The van der Waals surface area contributed by atoms with Gasteiger partial charge in [0.25, 0.3) is 5.91 Å². The van der Waals surface area contributed by atoms with Crippen molar-refractivity contribution in [1.82, 2.24) is 5.32 Å². The molecule has 0 spiro atoms. The molecule has 2 amide bonds. The highest BCUT2D eigenvalue weighted by atomic mass is 16.5. The van der Waals surface area contributed by atoms with Crippen LogP contribution in [0.15, 0.2) is 18.2 Å². The lowest BCUT2D eigenvalue weighted by Crippen LogP contribution is -2.54. The number of carboxylic acids is 1. The van der Waals surface area contributed by atoms with E-state index in [0.29, 0.717) is 29.8 Å². The first-order valence-electron chi connectivity index (χ1n) is 8.89. The van der Waals surface area contributed by atoms with Crippen molar-refractivity contribution in [2.75, 3.05) is 11.5 Å². The van der Waals surface area contributed by atoms with Gasteiger partial charge in [0.2, 0.25) is 5.91 Å². The minimum absolute atomic E-state index is 0.182. The van der Waals surface area contributed by atoms with E-state index in [-0.39, 0.29) is 12.4 Å². The third-order valence-corrected chi connectivity index (χ3v) is 4.47. The number of hydrogen-bond donors (Lipinski definition) is 2. The van der Waals surface area contributed by atoms with Gasteiger partial charge in [0, 0.05) is 5.56 Å². The van der Waals surface area contributed by atoms with E-state index in [1.54, 1.807) is 12.1 Å². The molecular formula is C19H24N2O6. The molecular weight excluding hydrogens is 352 g/mol. The number of carbonyl (C=O) groups is 4. The number of fused-ring (bicyclic) bond motifs is 1. The summed E-state index contributed by atoms with van der Waals surface area (Å²) in [5.41, 5.74) is 0.707. The number of unbranched alkanes of at least 4 members (excludes halogenated alkanes) is 1. The van der Waals surface area contributed by atoms with E-state index in [9.17, 15) is 24.3 Å². The van der Waals surface area contributed by atoms with E-state index >= 15 is 0 Å². The molecule has 1 aliphatic rings. The fraction of sp³-hybridized carbons (Fsp3) is 0.474. The second-order valence-corrected chi connectivity index (χ2v) is 6.51. The fourth-order valence-corrected chi connectivity index (χ4v) is 2.89. The summed E-state index contributed by atoms with van der Waals surface area (Å²) in [7, 11) is 0. The summed E-state index contributed by atoms with van der Waals surface area (Å²) in [6.45, 7) is 4.61. The average Bonchev–Trinajstić information content (AvgIpc) is 2.63. The summed E-state index contributed by atoms with van der Waals surface area (Å²) in [5.74, 6) is -1.92. The Hall–Kier alpha value is -2.90. The predicted molar refractivity (Wildman–Crippen MR) is 98.0 cm³/mol. The summed E-state index contributed by atoms with van der Waals surface area (Å²) in [6.07, 6.45) is 1.78. The molecule has 2 rings (SSSR count). The average molecular weight is 376 g/mol. The number of carboxylic acid groups (broad SMARTS) is 1. The van der Waals surface area contributed by atoms with E-state index in [1.807, 2.05) is 6.92 Å². The standard InChI is InChI=1S/C19H24N2O6/c1-4-5-6-14(19(25)26)20-18(24)11(2)21-15-9-13(12(3)22)7-8-16(15)27-10-17(21)23/h7-9,11,14H,4-6,10H2,1-3H3,(H,20,24)(H,25,26). The van der Waals surface area contributed by atoms with Gasteiger partial charge in [0.15, 0.2) is 12.4 Å². The molecule has 0 radical (unpaired) electrons. The third kappa shape index (κ3) is 4.64. The zero-order valence-corrected chi connectivity index (χ0v) is 15.7. The lowest BCUT2D eigenvalue weighted by molar-refractivity contribution is -0.142. The lowest BCUT2D eigenvalue weighted by Gasteiger charge is -2.34. The van der Waals surface area contributed by atoms with Gasteiger partial charge in [-0.05, 0) is 38.5 Å². The highest BCUT2D eigenvalue weighted by molar-refractivity contribution is 6.05. The van der Waals surface area contributed by atoms with Crippen LogP contribution in [0.3, 0.4) is 0 Å². The Morgan fingerprint density at radius 1 is 1.33 bits per heavy atom. The molecule has 0 saturated carbocycles. The minimum Gasteiger partial charge on any atom is -0.482 e. The van der Waals surface area contributed by atoms with Crippen molar-refractivity contribution >= 4 is 29.3 Å². The van der Waals surface area contributed by atoms with Crippen molar-refractivity contribution in [3.05, 3.63) is 23.8 Å². The molecule has 1 aromatic rings. The van der Waals surface area contributed by atoms with Gasteiger partial charge in [-0.1, -0.05) is 19.8 Å². The Morgan fingerprint density at radius 2 is 2.04 bits per heavy atom. The number of nitrogens with one attached hydrogen (secondary N) is 1. The van der Waals surface area contributed by atoms with E-state index in [2.05, 4.69) is 5.32 Å². The number of nitrogens with zero attached hydrogens (tertiary/aromatic N) is 1. The molecule has 0 bridgehead atoms. The minimum atomic E-state index is -1.11. The van der Waals surface area contributed by atoms with Crippen LogP contribution in [0.1, 0.15) is 50.4 Å². The second kappa shape index (κ2) is 8.66. The van der Waals surface area contributed by atoms with Crippen LogP contribution in [-0.4, -0.2) is 47.4 Å². The zero-order valence-electron chi connectivity index (χ0n) is 15.7. The molecule has 8 nitrogen and oxygen atoms in total. The maximum absolute atomic E-state index is 12.6. The molecule has 1 aliphatic heterocycles. The van der Waals surface area contributed by atoms with E-state index in [1.165, 1.54) is 24.8 Å². The molecule has 0 saturated heterocycles. The number of aliphatic carboxylic acids is 1. The molecule has 1 heterocycles. The monoisotopic (exact) mass is 376 g/mol. The number of amides is 2. The molecule has 0 aliphatic carbocycles. The van der Waals surface area contributed by atoms with Crippen LogP contribution in [0.5, 0.6) is 5.75 Å². The Labute approximate surface area is 157 Å². The van der Waals surface area contributed by atoms with Crippen LogP contribution in [0.2, 0.25) is 0 Å². The zero-order chi connectivity index (χ0) is 20.1. The van der Waals surface area contributed by atoms with Crippen LogP contribution >= 0.6 is 0 Å². The van der Waals surface area contributed by atoms with Crippen LogP contribution in [-0.2, 0) is 14.4 Å². The van der Waals surface area contributed by atoms with Crippen molar-refractivity contribution in [2.45, 2.75) is 52.1 Å². The summed E-state index contributed by atoms with van der Waals surface area (Å²) in [5, 5.41) is 11.8. The highest BCUT2D eigenvalue weighted by Gasteiger charge is 2.34. The second-order valence-electron chi connectivity index (χ2n) is 6.51. The number of ether oxygens (including phenoxy) is 1. The molecule has 1 aromatic carbocycles. The van der Waals surface area contributed by atoms with Crippen LogP contribution in [0, 0.1) is 0 Å². The van der Waals surface area contributed by atoms with Gasteiger partial charge in [-0.3, -0.25) is 19.3 Å². The molecule has 2 atom stereocenters. The van der Waals surface area contributed by atoms with Crippen molar-refractivity contribution < 1.29 is 29.0 Å². The number of carbonyl (C=O) groups excluding carboxylic acids is 3. The predicted octanol–water partition coefficient (Wildman–Crippen LogP) is 1.76. The van der Waals surface area contributed by atoms with Gasteiger partial charge >= 0.3 is 5.97 Å². The molecule has 2 N–H and O–H groups in total. The molecule has 0 aromatic heterocycles. The Morgan fingerprint density at radius 3 is 2.63 bits per heavy atom. The summed E-state index contributed by atoms with van der Waals surface area (Å²) in [6, 6.07) is 2.71. The SMILES string of the molecule is CCCCC(NC(=O)C(C)N1C(=O)COc2ccc(C(C)=O)cc21)C(=O)O. The first kappa shape index (κ1) is 20.4. The van der Waals surface area contributed by atoms with Crippen LogP contribution in [0.4, 0.5) is 5.69 Å². The normalized spacial score (nSPS) is 15.4. The number of anilines is 1. The molecule has 27 heavy (non-hydrogen) atoms. The smallest absolute Gasteiger partial charge is 0.326 e. The fourth-order valence-electron chi connectivity index (χ4n) is 2.89. The first-order valence-corrected chi connectivity index (χ1v) is 8.89. The Bertz CT molecular complexity index is 761. The van der Waals surface area contributed by atoms with Crippen molar-refractivity contribution in [1.29, 1.82) is 0 Å². The maximum atomic E-state index is 12.6. The quantitative estimate of drug-likeness (QED) is 0.669. The van der Waals surface area contributed by atoms with Crippen molar-refractivity contribution in [3.63, 3.8) is 0 Å². The summed E-state index contributed by atoms with van der Waals surface area (Å²) < 4.78 is 5.37. The molecule has 2 unspecified atom stereocenters. The largest absolute Gasteiger partial charge is 0.482 e. The maximum Gasteiger partial charge on any atom is 0.326 e. The van der Waals surface area contributed by atoms with Crippen molar-refractivity contribution in [2.24, 2.45) is 0 Å². The van der Waals surface area contributed by atoms with Crippen LogP contribution < -0.4 is 15.0 Å². The number of hydrogen-bond acceptors (Lipinski definition) is 5. The van der Waals surface area contributed by atoms with Gasteiger partial charge in [-0.25, -0.2) is 4.79 Å². The molecule has 146 valence electrons. The van der Waals surface area contributed by atoms with E-state index in [4.69, 9.17) is 4.74 Å². The number of rotatable bonds is 8. The lowest BCUT2D eigenvalue weighted by atomic mass is 10.1. The molecule has 0 fully saturated rings. The summed E-state index contributed by atoms with van der Waals surface area (Å²) >= 11 is 0. The van der Waals surface area contributed by atoms with E-state index in [0.717, 1.165) is 6.42 Å². The number of Topliss-reactive ketones (excluding diaryl/α,β-unsaturated/α-hetero) is 1. The summed E-state index contributed by atoms with van der Waals surface area (Å²) in [4.78, 5) is 49.3. The highest BCUT2D eigenvalue weighted by Crippen LogP contribution is 2.34. The number of ketones is 1. The first-order chi connectivity index (χ1) is 12.8.